The molecule has 28 heavy (non-hydrogen) atoms. The van der Waals surface area contributed by atoms with Crippen LogP contribution in [0.5, 0.6) is 5.75 Å². The molecule has 0 unspecified atom stereocenters. The number of hydrogen-bond acceptors (Lipinski definition) is 4. The number of aryl methyl sites for hydroxylation is 2. The molecule has 3 aromatic rings. The van der Waals surface area contributed by atoms with E-state index in [0.29, 0.717) is 17.0 Å². The van der Waals surface area contributed by atoms with Gasteiger partial charge in [0.2, 0.25) is 11.7 Å². The molecular formula is C22H24N2O3S. The number of nitrogens with one attached hydrogen (secondary N) is 1. The molecule has 2 aromatic heterocycles. The number of carbonyl (C=O) groups is 2. The summed E-state index contributed by atoms with van der Waals surface area (Å²) in [6, 6.07) is 13.2. The van der Waals surface area contributed by atoms with Crippen molar-refractivity contribution in [3.8, 4) is 5.75 Å². The molecule has 0 radical (unpaired) electrons. The maximum Gasteiger partial charge on any atom is 0.221 e. The quantitative estimate of drug-likeness (QED) is 0.565. The van der Waals surface area contributed by atoms with Crippen molar-refractivity contribution in [2.24, 2.45) is 0 Å². The van der Waals surface area contributed by atoms with Gasteiger partial charge in [0.25, 0.3) is 0 Å². The second-order valence-electron chi connectivity index (χ2n) is 6.66. The van der Waals surface area contributed by atoms with Gasteiger partial charge in [-0.2, -0.15) is 0 Å². The predicted octanol–water partition coefficient (Wildman–Crippen LogP) is 4.63. The maximum atomic E-state index is 12.7. The number of amides is 1. The van der Waals surface area contributed by atoms with Gasteiger partial charge in [0.15, 0.2) is 6.61 Å². The molecule has 0 spiro atoms. The Kier molecular flexibility index (Phi) is 6.31. The van der Waals surface area contributed by atoms with Crippen molar-refractivity contribution < 1.29 is 14.3 Å². The molecule has 6 heteroatoms. The molecule has 146 valence electrons. The number of nitrogens with zero attached hydrogens (tertiary/aromatic N) is 1. The molecule has 1 N–H and O–H groups in total. The van der Waals surface area contributed by atoms with Crippen molar-refractivity contribution in [1.29, 1.82) is 0 Å². The number of hydrogen-bond donors (Lipinski definition) is 1. The SMILES string of the molecule is CC(=O)Nc1ccccc1OCC(=O)c1cc(C)n(CCc2cccs2)c1C. The van der Waals surface area contributed by atoms with Gasteiger partial charge in [-0.15, -0.1) is 11.3 Å². The summed E-state index contributed by atoms with van der Waals surface area (Å²) in [7, 11) is 0. The first-order valence-corrected chi connectivity index (χ1v) is 10.1. The summed E-state index contributed by atoms with van der Waals surface area (Å²) in [6.45, 7) is 6.20. The lowest BCUT2D eigenvalue weighted by Crippen LogP contribution is -2.15. The van der Waals surface area contributed by atoms with Crippen LogP contribution in [-0.2, 0) is 17.8 Å². The number of rotatable bonds is 8. The van der Waals surface area contributed by atoms with E-state index >= 15 is 0 Å². The highest BCUT2D eigenvalue weighted by molar-refractivity contribution is 7.09. The van der Waals surface area contributed by atoms with Gasteiger partial charge in [-0.1, -0.05) is 18.2 Å². The van der Waals surface area contributed by atoms with E-state index in [9.17, 15) is 9.59 Å². The van der Waals surface area contributed by atoms with Gasteiger partial charge in [-0.25, -0.2) is 0 Å². The minimum Gasteiger partial charge on any atom is -0.483 e. The standard InChI is InChI=1S/C22H24N2O3S/c1-15-13-19(16(2)24(15)11-10-18-7-6-12-28-18)21(26)14-27-22-9-5-4-8-20(22)23-17(3)25/h4-9,12-13H,10-11,14H2,1-3H3,(H,23,25). The molecule has 2 heterocycles. The number of aromatic nitrogens is 1. The lowest BCUT2D eigenvalue weighted by molar-refractivity contribution is -0.114. The van der Waals surface area contributed by atoms with Crippen LogP contribution in [0.1, 0.15) is 33.5 Å². The highest BCUT2D eigenvalue weighted by Crippen LogP contribution is 2.24. The van der Waals surface area contributed by atoms with E-state index < -0.39 is 0 Å². The molecular weight excluding hydrogens is 372 g/mol. The van der Waals surface area contributed by atoms with E-state index in [0.717, 1.165) is 24.4 Å². The van der Waals surface area contributed by atoms with Gasteiger partial charge < -0.3 is 14.6 Å². The minimum atomic E-state index is -0.184. The Morgan fingerprint density at radius 3 is 2.64 bits per heavy atom. The predicted molar refractivity (Wildman–Crippen MR) is 113 cm³/mol. The average Bonchev–Trinajstić information content (AvgIpc) is 3.27. The first kappa shape index (κ1) is 19.9. The second-order valence-corrected chi connectivity index (χ2v) is 7.69. The van der Waals surface area contributed by atoms with Crippen LogP contribution >= 0.6 is 11.3 Å². The van der Waals surface area contributed by atoms with Gasteiger partial charge in [0, 0.05) is 35.3 Å². The lowest BCUT2D eigenvalue weighted by atomic mass is 10.1. The van der Waals surface area contributed by atoms with Crippen LogP contribution in [0.15, 0.2) is 47.8 Å². The van der Waals surface area contributed by atoms with Gasteiger partial charge in [-0.05, 0) is 49.9 Å². The van der Waals surface area contributed by atoms with Crippen molar-refractivity contribution in [3.63, 3.8) is 0 Å². The summed E-state index contributed by atoms with van der Waals surface area (Å²) < 4.78 is 7.88. The largest absolute Gasteiger partial charge is 0.483 e. The monoisotopic (exact) mass is 396 g/mol. The number of benzene rings is 1. The highest BCUT2D eigenvalue weighted by Gasteiger charge is 2.17. The summed E-state index contributed by atoms with van der Waals surface area (Å²) in [5, 5.41) is 4.79. The fraction of sp³-hybridized carbons (Fsp3) is 0.273. The van der Waals surface area contributed by atoms with E-state index in [1.807, 2.05) is 26.0 Å². The Bertz CT molecular complexity index is 974. The zero-order valence-electron chi connectivity index (χ0n) is 16.3. The number of ketones is 1. The van der Waals surface area contributed by atoms with Gasteiger partial charge in [-0.3, -0.25) is 9.59 Å². The third-order valence-corrected chi connectivity index (χ3v) is 5.53. The van der Waals surface area contributed by atoms with E-state index in [4.69, 9.17) is 4.74 Å². The van der Waals surface area contributed by atoms with Crippen LogP contribution in [0.25, 0.3) is 0 Å². The van der Waals surface area contributed by atoms with E-state index in [2.05, 4.69) is 27.4 Å². The summed E-state index contributed by atoms with van der Waals surface area (Å²) >= 11 is 1.75. The van der Waals surface area contributed by atoms with Crippen LogP contribution in [-0.4, -0.2) is 22.9 Å². The normalized spacial score (nSPS) is 10.7. The second kappa shape index (κ2) is 8.89. The Labute approximate surface area is 169 Å². The Hall–Kier alpha value is -2.86. The van der Waals surface area contributed by atoms with Gasteiger partial charge >= 0.3 is 0 Å². The van der Waals surface area contributed by atoms with Crippen LogP contribution in [0.3, 0.4) is 0 Å². The van der Waals surface area contributed by atoms with Gasteiger partial charge in [0.1, 0.15) is 5.75 Å². The van der Waals surface area contributed by atoms with E-state index in [1.165, 1.54) is 11.8 Å². The zero-order chi connectivity index (χ0) is 20.1. The average molecular weight is 397 g/mol. The molecule has 0 fully saturated rings. The molecule has 0 bridgehead atoms. The minimum absolute atomic E-state index is 0.0758. The Morgan fingerprint density at radius 1 is 1.14 bits per heavy atom. The fourth-order valence-corrected chi connectivity index (χ4v) is 3.91. The Morgan fingerprint density at radius 2 is 1.93 bits per heavy atom. The van der Waals surface area contributed by atoms with Crippen molar-refractivity contribution in [2.45, 2.75) is 33.7 Å². The van der Waals surface area contributed by atoms with Crippen LogP contribution in [0, 0.1) is 13.8 Å². The molecule has 1 amide bonds. The molecule has 5 nitrogen and oxygen atoms in total. The summed E-state index contributed by atoms with van der Waals surface area (Å²) in [5.74, 6) is 0.224. The topological polar surface area (TPSA) is 60.3 Å². The molecule has 0 aliphatic carbocycles. The number of Topliss-reactive ketones (excluding diaryl/α,β-unsaturated/α-hetero) is 1. The molecule has 0 saturated carbocycles. The third kappa shape index (κ3) is 4.70. The number of anilines is 1. The first-order valence-electron chi connectivity index (χ1n) is 9.17. The summed E-state index contributed by atoms with van der Waals surface area (Å²) in [5.41, 5.74) is 3.26. The zero-order valence-corrected chi connectivity index (χ0v) is 17.1. The fourth-order valence-electron chi connectivity index (χ4n) is 3.21. The molecule has 0 atom stereocenters. The highest BCUT2D eigenvalue weighted by atomic mass is 32.1. The van der Waals surface area contributed by atoms with Crippen LogP contribution in [0.4, 0.5) is 5.69 Å². The molecule has 0 saturated heterocycles. The number of carbonyl (C=O) groups excluding carboxylic acids is 2. The lowest BCUT2D eigenvalue weighted by Gasteiger charge is -2.11. The van der Waals surface area contributed by atoms with Gasteiger partial charge in [0.05, 0.1) is 5.69 Å². The van der Waals surface area contributed by atoms with Crippen molar-refractivity contribution >= 4 is 28.7 Å². The smallest absolute Gasteiger partial charge is 0.221 e. The van der Waals surface area contributed by atoms with Crippen molar-refractivity contribution in [1.82, 2.24) is 4.57 Å². The number of para-hydroxylation sites is 2. The molecule has 0 aliphatic heterocycles. The summed E-state index contributed by atoms with van der Waals surface area (Å²) in [6.07, 6.45) is 0.947. The first-order chi connectivity index (χ1) is 13.5. The molecule has 1 aromatic carbocycles. The maximum absolute atomic E-state index is 12.7. The molecule has 3 rings (SSSR count). The van der Waals surface area contributed by atoms with Crippen LogP contribution in [0.2, 0.25) is 0 Å². The third-order valence-electron chi connectivity index (χ3n) is 4.59. The summed E-state index contributed by atoms with van der Waals surface area (Å²) in [4.78, 5) is 25.4. The van der Waals surface area contributed by atoms with Crippen molar-refractivity contribution in [2.75, 3.05) is 11.9 Å². The van der Waals surface area contributed by atoms with Crippen molar-refractivity contribution in [3.05, 3.63) is 69.7 Å². The van der Waals surface area contributed by atoms with E-state index in [-0.39, 0.29) is 18.3 Å². The number of ether oxygens (including phenoxy) is 1. The van der Waals surface area contributed by atoms with E-state index in [1.54, 1.807) is 29.5 Å². The number of thiophene rings is 1. The Balaban J connectivity index is 1.68. The van der Waals surface area contributed by atoms with Crippen LogP contribution < -0.4 is 10.1 Å². The molecule has 0 aliphatic rings.